The number of carbonyl (C=O) groups excluding carboxylic acids is 3. The Morgan fingerprint density at radius 2 is 1.74 bits per heavy atom. The molecule has 2 amide bonds. The summed E-state index contributed by atoms with van der Waals surface area (Å²) >= 11 is 0. The van der Waals surface area contributed by atoms with E-state index in [4.69, 9.17) is 9.84 Å². The van der Waals surface area contributed by atoms with E-state index in [0.717, 1.165) is 29.7 Å². The lowest BCUT2D eigenvalue weighted by Crippen LogP contribution is -2.65. The Bertz CT molecular complexity index is 1640. The van der Waals surface area contributed by atoms with Crippen LogP contribution in [0.1, 0.15) is 84.2 Å². The standard InChI is InChI=1S/C33H35N5O5/c1-2-43-31(41)22-11-14-24(15-12-22)35-32(42)33(19-25(39)20-33)36-30(40)23-13-16-26-27(18-23)37-38(28-10-6-7-17-34-28)29(26)21-8-4-3-5-9-21/h6-7,10-18,21,25,39H,2-5,8-9,19-20H2,1H3,(H,35,42)(H,36,40). The van der Waals surface area contributed by atoms with Crippen molar-refractivity contribution < 1.29 is 24.2 Å². The van der Waals surface area contributed by atoms with E-state index in [9.17, 15) is 19.5 Å². The van der Waals surface area contributed by atoms with E-state index in [1.165, 1.54) is 19.3 Å². The largest absolute Gasteiger partial charge is 0.462 e. The first-order valence-electron chi connectivity index (χ1n) is 14.9. The first-order chi connectivity index (χ1) is 20.9. The Balaban J connectivity index is 1.24. The summed E-state index contributed by atoms with van der Waals surface area (Å²) in [6, 6.07) is 17.5. The van der Waals surface area contributed by atoms with Gasteiger partial charge in [0.1, 0.15) is 5.54 Å². The molecule has 2 aromatic heterocycles. The molecule has 0 spiro atoms. The third kappa shape index (κ3) is 5.75. The summed E-state index contributed by atoms with van der Waals surface area (Å²) in [5.41, 5.74) is 1.74. The van der Waals surface area contributed by atoms with Gasteiger partial charge in [-0.15, -0.1) is 0 Å². The minimum absolute atomic E-state index is 0.0911. The van der Waals surface area contributed by atoms with Crippen LogP contribution in [0.5, 0.6) is 0 Å². The number of aliphatic hydroxyl groups excluding tert-OH is 1. The van der Waals surface area contributed by atoms with Gasteiger partial charge in [0, 0.05) is 41.6 Å². The van der Waals surface area contributed by atoms with Gasteiger partial charge in [0.2, 0.25) is 5.91 Å². The molecule has 10 heteroatoms. The van der Waals surface area contributed by atoms with Crippen LogP contribution in [0.2, 0.25) is 0 Å². The molecular formula is C33H35N5O5. The van der Waals surface area contributed by atoms with Crippen LogP contribution in [-0.4, -0.2) is 55.9 Å². The number of amides is 2. The van der Waals surface area contributed by atoms with Crippen LogP contribution in [0.3, 0.4) is 0 Å². The quantitative estimate of drug-likeness (QED) is 0.252. The van der Waals surface area contributed by atoms with E-state index in [2.05, 4.69) is 15.6 Å². The summed E-state index contributed by atoms with van der Waals surface area (Å²) in [6.07, 6.45) is 6.98. The number of nitrogens with zero attached hydrogens (tertiary/aromatic N) is 3. The average Bonchev–Trinajstić information content (AvgIpc) is 3.40. The summed E-state index contributed by atoms with van der Waals surface area (Å²) < 4.78 is 6.91. The fourth-order valence-corrected chi connectivity index (χ4v) is 6.20. The number of rotatable bonds is 8. The van der Waals surface area contributed by atoms with Gasteiger partial charge in [0.15, 0.2) is 5.82 Å². The molecule has 0 radical (unpaired) electrons. The molecule has 2 saturated carbocycles. The zero-order valence-corrected chi connectivity index (χ0v) is 24.1. The maximum atomic E-state index is 13.5. The Hall–Kier alpha value is -4.57. The van der Waals surface area contributed by atoms with Crippen LogP contribution in [-0.2, 0) is 9.53 Å². The number of fused-ring (bicyclic) bond motifs is 1. The molecule has 10 nitrogen and oxygen atoms in total. The minimum atomic E-state index is -1.27. The second kappa shape index (κ2) is 12.0. The van der Waals surface area contributed by atoms with Crippen molar-refractivity contribution in [1.29, 1.82) is 0 Å². The molecule has 2 aliphatic rings. The van der Waals surface area contributed by atoms with Crippen molar-refractivity contribution in [1.82, 2.24) is 20.1 Å². The summed E-state index contributed by atoms with van der Waals surface area (Å²) in [5.74, 6) is -0.211. The van der Waals surface area contributed by atoms with E-state index in [0.29, 0.717) is 28.2 Å². The highest BCUT2D eigenvalue weighted by molar-refractivity contribution is 6.05. The maximum Gasteiger partial charge on any atom is 0.338 e. The van der Waals surface area contributed by atoms with Crippen LogP contribution in [0.15, 0.2) is 66.9 Å². The summed E-state index contributed by atoms with van der Waals surface area (Å²) in [5, 5.41) is 21.7. The lowest BCUT2D eigenvalue weighted by atomic mass is 9.73. The van der Waals surface area contributed by atoms with Crippen molar-refractivity contribution in [3.63, 3.8) is 0 Å². The number of anilines is 1. The number of hydrogen-bond acceptors (Lipinski definition) is 7. The van der Waals surface area contributed by atoms with Crippen molar-refractivity contribution in [3.05, 3.63) is 83.7 Å². The molecule has 222 valence electrons. The summed E-state index contributed by atoms with van der Waals surface area (Å²) in [4.78, 5) is 43.4. The zero-order chi connectivity index (χ0) is 30.0. The van der Waals surface area contributed by atoms with E-state index < -0.39 is 29.4 Å². The lowest BCUT2D eigenvalue weighted by molar-refractivity contribution is -0.130. The number of carbonyl (C=O) groups is 3. The molecule has 2 aromatic carbocycles. The smallest absolute Gasteiger partial charge is 0.338 e. The van der Waals surface area contributed by atoms with Gasteiger partial charge in [0.05, 0.1) is 29.5 Å². The van der Waals surface area contributed by atoms with E-state index >= 15 is 0 Å². The second-order valence-electron chi connectivity index (χ2n) is 11.4. The van der Waals surface area contributed by atoms with Crippen molar-refractivity contribution in [2.75, 3.05) is 11.9 Å². The van der Waals surface area contributed by atoms with Crippen molar-refractivity contribution >= 4 is 34.4 Å². The normalized spacial score (nSPS) is 20.3. The predicted octanol–water partition coefficient (Wildman–Crippen LogP) is 4.91. The molecule has 0 saturated heterocycles. The van der Waals surface area contributed by atoms with Gasteiger partial charge in [-0.1, -0.05) is 31.4 Å². The first-order valence-corrected chi connectivity index (χ1v) is 14.9. The molecule has 3 N–H and O–H groups in total. The maximum absolute atomic E-state index is 13.5. The topological polar surface area (TPSA) is 135 Å². The van der Waals surface area contributed by atoms with Gasteiger partial charge in [-0.3, -0.25) is 9.59 Å². The van der Waals surface area contributed by atoms with Gasteiger partial charge < -0.3 is 20.5 Å². The molecule has 4 aromatic rings. The SMILES string of the molecule is CCOC(=O)c1ccc(NC(=O)C2(NC(=O)c3ccc4c(C5CCCCC5)n(-c5ccccn5)nc4c3)CC(O)C2)cc1. The molecule has 43 heavy (non-hydrogen) atoms. The fourth-order valence-electron chi connectivity index (χ4n) is 6.20. The third-order valence-corrected chi connectivity index (χ3v) is 8.44. The lowest BCUT2D eigenvalue weighted by Gasteiger charge is -2.44. The van der Waals surface area contributed by atoms with Crippen molar-refractivity contribution in [2.24, 2.45) is 0 Å². The highest BCUT2D eigenvalue weighted by atomic mass is 16.5. The fraction of sp³-hybridized carbons (Fsp3) is 0.364. The number of benzene rings is 2. The second-order valence-corrected chi connectivity index (χ2v) is 11.4. The highest BCUT2D eigenvalue weighted by Gasteiger charge is 2.51. The number of pyridine rings is 1. The highest BCUT2D eigenvalue weighted by Crippen LogP contribution is 2.38. The molecular weight excluding hydrogens is 546 g/mol. The minimum Gasteiger partial charge on any atom is -0.462 e. The number of aliphatic hydroxyl groups is 1. The summed E-state index contributed by atoms with van der Waals surface area (Å²) in [6.45, 7) is 2.00. The Kier molecular flexibility index (Phi) is 7.94. The third-order valence-electron chi connectivity index (χ3n) is 8.44. The van der Waals surface area contributed by atoms with Gasteiger partial charge in [0.25, 0.3) is 5.91 Å². The van der Waals surface area contributed by atoms with Gasteiger partial charge >= 0.3 is 5.97 Å². The average molecular weight is 582 g/mol. The molecule has 6 rings (SSSR count). The molecule has 0 unspecified atom stereocenters. The number of ether oxygens (including phenoxy) is 1. The predicted molar refractivity (Wildman–Crippen MR) is 161 cm³/mol. The zero-order valence-electron chi connectivity index (χ0n) is 24.1. The van der Waals surface area contributed by atoms with Crippen molar-refractivity contribution in [2.45, 2.75) is 69.4 Å². The number of aromatic nitrogens is 3. The Morgan fingerprint density at radius 3 is 2.42 bits per heavy atom. The number of hydrogen-bond donors (Lipinski definition) is 3. The molecule has 0 bridgehead atoms. The van der Waals surface area contributed by atoms with Crippen molar-refractivity contribution in [3.8, 4) is 5.82 Å². The first kappa shape index (κ1) is 28.5. The van der Waals surface area contributed by atoms with E-state index in [-0.39, 0.29) is 19.4 Å². The van der Waals surface area contributed by atoms with Gasteiger partial charge in [-0.05, 0) is 68.3 Å². The summed E-state index contributed by atoms with van der Waals surface area (Å²) in [7, 11) is 0. The van der Waals surface area contributed by atoms with Crippen LogP contribution in [0.25, 0.3) is 16.7 Å². The van der Waals surface area contributed by atoms with E-state index in [1.807, 2.05) is 28.9 Å². The van der Waals surface area contributed by atoms with Crippen LogP contribution in [0, 0.1) is 0 Å². The molecule has 2 aliphatic carbocycles. The Morgan fingerprint density at radius 1 is 1.00 bits per heavy atom. The molecule has 0 atom stereocenters. The molecule has 2 heterocycles. The monoisotopic (exact) mass is 581 g/mol. The van der Waals surface area contributed by atoms with Crippen LogP contribution in [0.4, 0.5) is 5.69 Å². The van der Waals surface area contributed by atoms with Crippen LogP contribution < -0.4 is 10.6 Å². The Labute approximate surface area is 249 Å². The van der Waals surface area contributed by atoms with Crippen LogP contribution >= 0.6 is 0 Å². The van der Waals surface area contributed by atoms with Gasteiger partial charge in [-0.2, -0.15) is 5.10 Å². The number of nitrogens with one attached hydrogen (secondary N) is 2. The molecule has 2 fully saturated rings. The van der Waals surface area contributed by atoms with E-state index in [1.54, 1.807) is 49.5 Å². The number of esters is 1. The molecule has 0 aliphatic heterocycles. The van der Waals surface area contributed by atoms with Gasteiger partial charge in [-0.25, -0.2) is 14.5 Å².